The lowest BCUT2D eigenvalue weighted by atomic mass is 10.1. The predicted molar refractivity (Wildman–Crippen MR) is 118 cm³/mol. The number of amides is 4. The Hall–Kier alpha value is -3.29. The fourth-order valence-corrected chi connectivity index (χ4v) is 3.32. The van der Waals surface area contributed by atoms with E-state index in [9.17, 15) is 14.4 Å². The van der Waals surface area contributed by atoms with Crippen LogP contribution in [0.1, 0.15) is 42.1 Å². The molecule has 3 rings (SSSR count). The number of carbonyl (C=O) groups is 3. The first kappa shape index (κ1) is 22.4. The zero-order chi connectivity index (χ0) is 22.4. The fourth-order valence-electron chi connectivity index (χ4n) is 3.32. The smallest absolute Gasteiger partial charge is 0.317 e. The summed E-state index contributed by atoms with van der Waals surface area (Å²) in [5.74, 6) is 0.816. The summed E-state index contributed by atoms with van der Waals surface area (Å²) in [6.45, 7) is 7.87. The molecule has 2 N–H and O–H groups in total. The maximum atomic E-state index is 12.5. The molecule has 1 aliphatic heterocycles. The van der Waals surface area contributed by atoms with E-state index >= 15 is 0 Å². The van der Waals surface area contributed by atoms with Gasteiger partial charge in [0.05, 0.1) is 0 Å². The molecule has 1 aromatic heterocycles. The topological polar surface area (TPSA) is 94.9 Å². The Morgan fingerprint density at radius 1 is 1.06 bits per heavy atom. The maximum absolute atomic E-state index is 12.5. The van der Waals surface area contributed by atoms with E-state index in [1.54, 1.807) is 28.9 Å². The summed E-state index contributed by atoms with van der Waals surface area (Å²) in [5.41, 5.74) is 1.62. The van der Waals surface area contributed by atoms with Gasteiger partial charge in [-0.3, -0.25) is 9.59 Å². The summed E-state index contributed by atoms with van der Waals surface area (Å²) >= 11 is 0. The van der Waals surface area contributed by atoms with Crippen LogP contribution < -0.4 is 10.6 Å². The molecule has 0 bridgehead atoms. The lowest BCUT2D eigenvalue weighted by Gasteiger charge is -2.34. The molecular formula is C23H30N4O4. The van der Waals surface area contributed by atoms with E-state index in [1.165, 1.54) is 0 Å². The summed E-state index contributed by atoms with van der Waals surface area (Å²) in [6, 6.07) is 10.7. The van der Waals surface area contributed by atoms with Crippen molar-refractivity contribution in [3.63, 3.8) is 0 Å². The molecule has 8 heteroatoms. The van der Waals surface area contributed by atoms with Gasteiger partial charge >= 0.3 is 6.03 Å². The van der Waals surface area contributed by atoms with Crippen LogP contribution in [0.5, 0.6) is 0 Å². The minimum Gasteiger partial charge on any atom is -0.456 e. The van der Waals surface area contributed by atoms with Gasteiger partial charge in [0.2, 0.25) is 5.91 Å². The number of hydrogen-bond acceptors (Lipinski definition) is 4. The Bertz CT molecular complexity index is 931. The van der Waals surface area contributed by atoms with E-state index in [1.807, 2.05) is 38.1 Å². The average molecular weight is 427 g/mol. The summed E-state index contributed by atoms with van der Waals surface area (Å²) in [4.78, 5) is 40.5. The SMILES string of the molecule is CCC(C)C(=O)Nc1cccc(CNC(=O)N2CCN(C(=O)c3ccc(C)o3)CC2)c1. The first-order valence-electron chi connectivity index (χ1n) is 10.7. The van der Waals surface area contributed by atoms with Crippen LogP contribution in [0.4, 0.5) is 10.5 Å². The molecule has 0 aliphatic carbocycles. The number of carbonyl (C=O) groups excluding carboxylic acids is 3. The van der Waals surface area contributed by atoms with Crippen molar-refractivity contribution in [2.24, 2.45) is 5.92 Å². The Balaban J connectivity index is 1.47. The number of anilines is 1. The van der Waals surface area contributed by atoms with Crippen LogP contribution in [0.15, 0.2) is 40.8 Å². The highest BCUT2D eigenvalue weighted by Crippen LogP contribution is 2.14. The molecule has 2 heterocycles. The number of piperazine rings is 1. The highest BCUT2D eigenvalue weighted by molar-refractivity contribution is 5.92. The molecule has 0 spiro atoms. The molecule has 0 radical (unpaired) electrons. The largest absolute Gasteiger partial charge is 0.456 e. The zero-order valence-electron chi connectivity index (χ0n) is 18.3. The van der Waals surface area contributed by atoms with Crippen molar-refractivity contribution in [2.45, 2.75) is 33.7 Å². The average Bonchev–Trinajstić information content (AvgIpc) is 3.23. The number of urea groups is 1. The van der Waals surface area contributed by atoms with Gasteiger partial charge in [-0.2, -0.15) is 0 Å². The molecule has 0 saturated carbocycles. The van der Waals surface area contributed by atoms with Crippen LogP contribution in [-0.2, 0) is 11.3 Å². The van der Waals surface area contributed by atoms with E-state index in [0.29, 0.717) is 44.2 Å². The normalized spacial score (nSPS) is 14.8. The van der Waals surface area contributed by atoms with Crippen molar-refractivity contribution in [1.29, 1.82) is 0 Å². The van der Waals surface area contributed by atoms with Crippen molar-refractivity contribution < 1.29 is 18.8 Å². The minimum atomic E-state index is -0.171. The number of benzene rings is 1. The van der Waals surface area contributed by atoms with Crippen LogP contribution in [0, 0.1) is 12.8 Å². The van der Waals surface area contributed by atoms with Crippen LogP contribution in [0.2, 0.25) is 0 Å². The van der Waals surface area contributed by atoms with Crippen LogP contribution in [0.25, 0.3) is 0 Å². The molecular weight excluding hydrogens is 396 g/mol. The molecule has 1 fully saturated rings. The van der Waals surface area contributed by atoms with E-state index in [4.69, 9.17) is 4.42 Å². The minimum absolute atomic E-state index is 0.0131. The van der Waals surface area contributed by atoms with Gasteiger partial charge in [0.1, 0.15) is 5.76 Å². The summed E-state index contributed by atoms with van der Waals surface area (Å²) in [5, 5.41) is 5.82. The third-order valence-electron chi connectivity index (χ3n) is 5.50. The van der Waals surface area contributed by atoms with Gasteiger partial charge in [-0.25, -0.2) is 4.79 Å². The third kappa shape index (κ3) is 5.87. The van der Waals surface area contributed by atoms with Gasteiger partial charge in [-0.1, -0.05) is 26.0 Å². The molecule has 1 saturated heterocycles. The van der Waals surface area contributed by atoms with Crippen molar-refractivity contribution in [1.82, 2.24) is 15.1 Å². The number of nitrogens with one attached hydrogen (secondary N) is 2. The zero-order valence-corrected chi connectivity index (χ0v) is 18.3. The Morgan fingerprint density at radius 3 is 2.42 bits per heavy atom. The monoisotopic (exact) mass is 426 g/mol. The Morgan fingerprint density at radius 2 is 1.77 bits per heavy atom. The number of furan rings is 1. The van der Waals surface area contributed by atoms with Gasteiger partial charge < -0.3 is 24.9 Å². The van der Waals surface area contributed by atoms with Crippen molar-refractivity contribution in [2.75, 3.05) is 31.5 Å². The van der Waals surface area contributed by atoms with E-state index in [2.05, 4.69) is 10.6 Å². The van der Waals surface area contributed by atoms with Gasteiger partial charge in [-0.15, -0.1) is 0 Å². The lowest BCUT2D eigenvalue weighted by molar-refractivity contribution is -0.119. The van der Waals surface area contributed by atoms with Crippen LogP contribution in [-0.4, -0.2) is 53.8 Å². The Labute approximate surface area is 182 Å². The molecule has 4 amide bonds. The van der Waals surface area contributed by atoms with Crippen LogP contribution in [0.3, 0.4) is 0 Å². The second-order valence-corrected chi connectivity index (χ2v) is 7.85. The molecule has 8 nitrogen and oxygen atoms in total. The highest BCUT2D eigenvalue weighted by Gasteiger charge is 2.26. The molecule has 31 heavy (non-hydrogen) atoms. The lowest BCUT2D eigenvalue weighted by Crippen LogP contribution is -2.53. The molecule has 1 atom stereocenters. The Kier molecular flexibility index (Phi) is 7.33. The number of aryl methyl sites for hydroxylation is 1. The van der Waals surface area contributed by atoms with Gasteiger partial charge in [0.15, 0.2) is 5.76 Å². The van der Waals surface area contributed by atoms with E-state index in [0.717, 1.165) is 17.7 Å². The summed E-state index contributed by atoms with van der Waals surface area (Å²) < 4.78 is 5.40. The second-order valence-electron chi connectivity index (χ2n) is 7.85. The van der Waals surface area contributed by atoms with Gasteiger partial charge in [-0.05, 0) is 43.2 Å². The number of hydrogen-bond donors (Lipinski definition) is 2. The van der Waals surface area contributed by atoms with Crippen LogP contribution >= 0.6 is 0 Å². The van der Waals surface area contributed by atoms with Crippen molar-refractivity contribution in [3.05, 3.63) is 53.5 Å². The predicted octanol–water partition coefficient (Wildman–Crippen LogP) is 3.24. The number of nitrogens with zero attached hydrogens (tertiary/aromatic N) is 2. The first-order chi connectivity index (χ1) is 14.9. The third-order valence-corrected chi connectivity index (χ3v) is 5.50. The summed E-state index contributed by atoms with van der Waals surface area (Å²) in [6.07, 6.45) is 0.779. The van der Waals surface area contributed by atoms with Gasteiger partial charge in [0, 0.05) is 44.3 Å². The highest BCUT2D eigenvalue weighted by atomic mass is 16.3. The molecule has 1 aliphatic rings. The van der Waals surface area contributed by atoms with E-state index in [-0.39, 0.29) is 23.8 Å². The molecule has 1 aromatic carbocycles. The van der Waals surface area contributed by atoms with Crippen molar-refractivity contribution >= 4 is 23.5 Å². The number of rotatable bonds is 6. The molecule has 166 valence electrons. The fraction of sp³-hybridized carbons (Fsp3) is 0.435. The first-order valence-corrected chi connectivity index (χ1v) is 10.7. The summed E-state index contributed by atoms with van der Waals surface area (Å²) in [7, 11) is 0. The molecule has 1 unspecified atom stereocenters. The quantitative estimate of drug-likeness (QED) is 0.741. The standard InChI is InChI=1S/C23H30N4O4/c1-4-16(2)21(28)25-19-7-5-6-18(14-19)15-24-23(30)27-12-10-26(11-13-27)22(29)20-9-8-17(3)31-20/h5-9,14,16H,4,10-13,15H2,1-3H3,(H,24,30)(H,25,28). The van der Waals surface area contributed by atoms with E-state index < -0.39 is 0 Å². The maximum Gasteiger partial charge on any atom is 0.317 e. The van der Waals surface area contributed by atoms with Gasteiger partial charge in [0.25, 0.3) is 5.91 Å². The van der Waals surface area contributed by atoms with Crippen molar-refractivity contribution in [3.8, 4) is 0 Å². The molecule has 2 aromatic rings. The second kappa shape index (κ2) is 10.1.